The number of likely N-dealkylation sites (tertiary alicyclic amines) is 1. The SMILES string of the molecule is O=C(c1ccc(-n2cccc2)cc1)N1CCC(c2nc3ccccc3o2)CC1. The molecule has 5 heteroatoms. The summed E-state index contributed by atoms with van der Waals surface area (Å²) < 4.78 is 7.95. The summed E-state index contributed by atoms with van der Waals surface area (Å²) in [7, 11) is 0. The van der Waals surface area contributed by atoms with Crippen LogP contribution >= 0.6 is 0 Å². The number of hydrogen-bond acceptors (Lipinski definition) is 3. The fourth-order valence-electron chi connectivity index (χ4n) is 3.86. The Morgan fingerprint density at radius 2 is 1.64 bits per heavy atom. The van der Waals surface area contributed by atoms with Gasteiger partial charge in [0.25, 0.3) is 5.91 Å². The van der Waals surface area contributed by atoms with E-state index in [-0.39, 0.29) is 11.8 Å². The van der Waals surface area contributed by atoms with Gasteiger partial charge in [-0.1, -0.05) is 12.1 Å². The molecule has 1 fully saturated rings. The maximum Gasteiger partial charge on any atom is 0.253 e. The molecular formula is C23H21N3O2. The topological polar surface area (TPSA) is 51.3 Å². The van der Waals surface area contributed by atoms with Crippen molar-refractivity contribution >= 4 is 17.0 Å². The van der Waals surface area contributed by atoms with Gasteiger partial charge in [-0.15, -0.1) is 0 Å². The zero-order chi connectivity index (χ0) is 18.9. The average molecular weight is 371 g/mol. The predicted molar refractivity (Wildman–Crippen MR) is 108 cm³/mol. The summed E-state index contributed by atoms with van der Waals surface area (Å²) >= 11 is 0. The fourth-order valence-corrected chi connectivity index (χ4v) is 3.86. The second-order valence-corrected chi connectivity index (χ2v) is 7.22. The van der Waals surface area contributed by atoms with Crippen molar-refractivity contribution in [2.75, 3.05) is 13.1 Å². The van der Waals surface area contributed by atoms with Gasteiger partial charge in [0.1, 0.15) is 5.52 Å². The standard InChI is InChI=1S/C23H21N3O2/c27-23(18-7-9-19(10-8-18)25-13-3-4-14-25)26-15-11-17(12-16-26)22-24-20-5-1-2-6-21(20)28-22/h1-10,13-14,17H,11-12,15-16H2. The highest BCUT2D eigenvalue weighted by Gasteiger charge is 2.27. The van der Waals surface area contributed by atoms with Crippen LogP contribution in [0.4, 0.5) is 0 Å². The van der Waals surface area contributed by atoms with Crippen LogP contribution in [0.5, 0.6) is 0 Å². The second-order valence-electron chi connectivity index (χ2n) is 7.22. The summed E-state index contributed by atoms with van der Waals surface area (Å²) in [6.45, 7) is 1.45. The van der Waals surface area contributed by atoms with Crippen LogP contribution in [0.2, 0.25) is 0 Å². The van der Waals surface area contributed by atoms with Gasteiger partial charge in [-0.05, 0) is 61.4 Å². The Labute approximate surface area is 163 Å². The van der Waals surface area contributed by atoms with Crippen molar-refractivity contribution in [3.63, 3.8) is 0 Å². The number of para-hydroxylation sites is 2. The lowest BCUT2D eigenvalue weighted by molar-refractivity contribution is 0.0707. The summed E-state index contributed by atoms with van der Waals surface area (Å²) in [5, 5.41) is 0. The normalized spacial score (nSPS) is 15.2. The van der Waals surface area contributed by atoms with E-state index < -0.39 is 0 Å². The third kappa shape index (κ3) is 3.09. The Bertz CT molecular complexity index is 1060. The van der Waals surface area contributed by atoms with Crippen molar-refractivity contribution in [3.05, 3.63) is 84.5 Å². The molecular weight excluding hydrogens is 350 g/mol. The number of benzene rings is 2. The van der Waals surface area contributed by atoms with E-state index in [2.05, 4.69) is 4.98 Å². The Kier molecular flexibility index (Phi) is 4.20. The van der Waals surface area contributed by atoms with Crippen molar-refractivity contribution in [3.8, 4) is 5.69 Å². The minimum atomic E-state index is 0.0927. The zero-order valence-electron chi connectivity index (χ0n) is 15.5. The first-order chi connectivity index (χ1) is 13.8. The summed E-state index contributed by atoms with van der Waals surface area (Å²) in [5.74, 6) is 1.16. The molecule has 2 aromatic carbocycles. The molecule has 140 valence electrons. The van der Waals surface area contributed by atoms with Gasteiger partial charge in [-0.25, -0.2) is 4.98 Å². The molecule has 0 N–H and O–H groups in total. The Hall–Kier alpha value is -3.34. The molecule has 1 amide bonds. The smallest absolute Gasteiger partial charge is 0.253 e. The number of piperidine rings is 1. The molecule has 1 aliphatic heterocycles. The Morgan fingerprint density at radius 1 is 0.929 bits per heavy atom. The van der Waals surface area contributed by atoms with Gasteiger partial charge in [-0.3, -0.25) is 4.79 Å². The number of amides is 1. The highest BCUT2D eigenvalue weighted by molar-refractivity contribution is 5.94. The number of oxazole rings is 1. The number of hydrogen-bond donors (Lipinski definition) is 0. The molecule has 5 nitrogen and oxygen atoms in total. The van der Waals surface area contributed by atoms with E-state index in [0.29, 0.717) is 0 Å². The number of rotatable bonds is 3. The van der Waals surface area contributed by atoms with Gasteiger partial charge in [-0.2, -0.15) is 0 Å². The maximum atomic E-state index is 12.9. The second kappa shape index (κ2) is 7.00. The molecule has 1 saturated heterocycles. The molecule has 1 aliphatic rings. The number of carbonyl (C=O) groups is 1. The molecule has 28 heavy (non-hydrogen) atoms. The van der Waals surface area contributed by atoms with Crippen LogP contribution in [0.1, 0.15) is 35.0 Å². The predicted octanol–water partition coefficient (Wildman–Crippen LogP) is 4.64. The molecule has 4 aromatic rings. The summed E-state index contributed by atoms with van der Waals surface area (Å²) in [4.78, 5) is 19.4. The van der Waals surface area contributed by atoms with E-state index in [1.165, 1.54) is 0 Å². The van der Waals surface area contributed by atoms with Gasteiger partial charge in [0.15, 0.2) is 11.5 Å². The van der Waals surface area contributed by atoms with E-state index in [0.717, 1.165) is 54.2 Å². The van der Waals surface area contributed by atoms with E-state index in [4.69, 9.17) is 4.42 Å². The zero-order valence-corrected chi connectivity index (χ0v) is 15.5. The van der Waals surface area contributed by atoms with Gasteiger partial charge < -0.3 is 13.9 Å². The first-order valence-corrected chi connectivity index (χ1v) is 9.66. The summed E-state index contributed by atoms with van der Waals surface area (Å²) in [6, 6.07) is 19.6. The Balaban J connectivity index is 1.25. The van der Waals surface area contributed by atoms with E-state index in [9.17, 15) is 4.79 Å². The largest absolute Gasteiger partial charge is 0.440 e. The first kappa shape index (κ1) is 16.8. The van der Waals surface area contributed by atoms with Gasteiger partial charge >= 0.3 is 0 Å². The van der Waals surface area contributed by atoms with Crippen LogP contribution in [0, 0.1) is 0 Å². The van der Waals surface area contributed by atoms with Crippen molar-refractivity contribution in [1.82, 2.24) is 14.5 Å². The van der Waals surface area contributed by atoms with Crippen LogP contribution in [-0.2, 0) is 0 Å². The van der Waals surface area contributed by atoms with Crippen molar-refractivity contribution in [1.29, 1.82) is 0 Å². The minimum absolute atomic E-state index is 0.0927. The summed E-state index contributed by atoms with van der Waals surface area (Å²) in [6.07, 6.45) is 5.74. The first-order valence-electron chi connectivity index (χ1n) is 9.66. The van der Waals surface area contributed by atoms with Crippen molar-refractivity contribution in [2.24, 2.45) is 0 Å². The number of carbonyl (C=O) groups excluding carboxylic acids is 1. The molecule has 0 radical (unpaired) electrons. The third-order valence-electron chi connectivity index (χ3n) is 5.46. The van der Waals surface area contributed by atoms with Crippen LogP contribution in [0.15, 0.2) is 77.5 Å². The quantitative estimate of drug-likeness (QED) is 0.527. The van der Waals surface area contributed by atoms with Gasteiger partial charge in [0.2, 0.25) is 0 Å². The third-order valence-corrected chi connectivity index (χ3v) is 5.46. The molecule has 0 saturated carbocycles. The van der Waals surface area contributed by atoms with Crippen LogP contribution < -0.4 is 0 Å². The lowest BCUT2D eigenvalue weighted by Gasteiger charge is -2.30. The van der Waals surface area contributed by atoms with E-state index >= 15 is 0 Å². The van der Waals surface area contributed by atoms with Crippen LogP contribution in [-0.4, -0.2) is 33.4 Å². The lowest BCUT2D eigenvalue weighted by atomic mass is 9.96. The van der Waals surface area contributed by atoms with E-state index in [1.807, 2.05) is 82.5 Å². The maximum absolute atomic E-state index is 12.9. The fraction of sp³-hybridized carbons (Fsp3) is 0.217. The number of fused-ring (bicyclic) bond motifs is 1. The molecule has 3 heterocycles. The van der Waals surface area contributed by atoms with Gasteiger partial charge in [0, 0.05) is 42.7 Å². The molecule has 0 aliphatic carbocycles. The molecule has 0 bridgehead atoms. The van der Waals surface area contributed by atoms with Gasteiger partial charge in [0.05, 0.1) is 0 Å². The van der Waals surface area contributed by atoms with E-state index in [1.54, 1.807) is 0 Å². The molecule has 0 atom stereocenters. The van der Waals surface area contributed by atoms with Crippen LogP contribution in [0.25, 0.3) is 16.8 Å². The summed E-state index contributed by atoms with van der Waals surface area (Å²) in [5.41, 5.74) is 3.52. The van der Waals surface area contributed by atoms with Crippen molar-refractivity contribution < 1.29 is 9.21 Å². The number of aromatic nitrogens is 2. The monoisotopic (exact) mass is 371 g/mol. The highest BCUT2D eigenvalue weighted by Crippen LogP contribution is 2.30. The lowest BCUT2D eigenvalue weighted by Crippen LogP contribution is -2.38. The molecule has 0 unspecified atom stereocenters. The highest BCUT2D eigenvalue weighted by atomic mass is 16.3. The minimum Gasteiger partial charge on any atom is -0.440 e. The Morgan fingerprint density at radius 3 is 2.36 bits per heavy atom. The average Bonchev–Trinajstić information content (AvgIpc) is 3.43. The molecule has 0 spiro atoms. The molecule has 5 rings (SSSR count). The van der Waals surface area contributed by atoms with Crippen molar-refractivity contribution in [2.45, 2.75) is 18.8 Å². The number of nitrogens with zero attached hydrogens (tertiary/aromatic N) is 3. The molecule has 2 aromatic heterocycles. The van der Waals surface area contributed by atoms with Crippen LogP contribution in [0.3, 0.4) is 0 Å².